The van der Waals surface area contributed by atoms with Crippen molar-refractivity contribution in [1.82, 2.24) is 19.5 Å². The molecule has 5 heterocycles. The van der Waals surface area contributed by atoms with Gasteiger partial charge in [-0.3, -0.25) is 4.79 Å². The maximum atomic E-state index is 12.9. The van der Waals surface area contributed by atoms with Gasteiger partial charge in [0.1, 0.15) is 0 Å². The molecule has 28 heavy (non-hydrogen) atoms. The van der Waals surface area contributed by atoms with E-state index in [-0.39, 0.29) is 5.91 Å². The number of carbonyl (C=O) groups is 1. The van der Waals surface area contributed by atoms with E-state index in [4.69, 9.17) is 0 Å². The average Bonchev–Trinajstić information content (AvgIpc) is 3.43. The number of piperazine rings is 1. The van der Waals surface area contributed by atoms with Crippen LogP contribution < -0.4 is 9.80 Å². The Balaban J connectivity index is 1.22. The first-order chi connectivity index (χ1) is 13.8. The van der Waals surface area contributed by atoms with E-state index < -0.39 is 0 Å². The molecule has 2 fully saturated rings. The molecule has 0 N–H and O–H groups in total. The minimum Gasteiger partial charge on any atom is -0.355 e. The SMILES string of the molecule is O=C(c1cc2ccccn2c1)N1CCN(c2ccc(N3CCCC3)nn2)CC1. The number of nitrogens with zero attached hydrogens (tertiary/aromatic N) is 6. The Bertz CT molecular complexity index is 935. The zero-order chi connectivity index (χ0) is 18.9. The Morgan fingerprint density at radius 3 is 2.14 bits per heavy atom. The third kappa shape index (κ3) is 3.17. The molecular weight excluding hydrogens is 352 g/mol. The van der Waals surface area contributed by atoms with E-state index in [9.17, 15) is 4.79 Å². The van der Waals surface area contributed by atoms with Crippen LogP contribution in [0.25, 0.3) is 5.52 Å². The summed E-state index contributed by atoms with van der Waals surface area (Å²) in [5.41, 5.74) is 1.78. The maximum Gasteiger partial charge on any atom is 0.255 e. The summed E-state index contributed by atoms with van der Waals surface area (Å²) in [5, 5.41) is 8.84. The topological polar surface area (TPSA) is 57.0 Å². The lowest BCUT2D eigenvalue weighted by molar-refractivity contribution is 0.0746. The Morgan fingerprint density at radius 2 is 1.50 bits per heavy atom. The number of pyridine rings is 1. The molecule has 0 aliphatic carbocycles. The zero-order valence-corrected chi connectivity index (χ0v) is 15.9. The molecule has 0 bridgehead atoms. The van der Waals surface area contributed by atoms with E-state index in [1.165, 1.54) is 12.8 Å². The first kappa shape index (κ1) is 17.0. The van der Waals surface area contributed by atoms with Gasteiger partial charge in [-0.2, -0.15) is 0 Å². The van der Waals surface area contributed by atoms with Crippen LogP contribution in [0.5, 0.6) is 0 Å². The first-order valence-electron chi connectivity index (χ1n) is 9.97. The number of carbonyl (C=O) groups excluding carboxylic acids is 1. The summed E-state index contributed by atoms with van der Waals surface area (Å²) >= 11 is 0. The molecule has 5 rings (SSSR count). The number of anilines is 2. The molecule has 1 amide bonds. The summed E-state index contributed by atoms with van der Waals surface area (Å²) in [7, 11) is 0. The summed E-state index contributed by atoms with van der Waals surface area (Å²) in [6.45, 7) is 5.09. The number of hydrogen-bond donors (Lipinski definition) is 0. The molecule has 2 aliphatic heterocycles. The second-order valence-electron chi connectivity index (χ2n) is 7.48. The van der Waals surface area contributed by atoms with Crippen LogP contribution in [-0.4, -0.2) is 64.7 Å². The Morgan fingerprint density at radius 1 is 0.821 bits per heavy atom. The molecule has 7 heteroatoms. The van der Waals surface area contributed by atoms with Gasteiger partial charge in [0.2, 0.25) is 0 Å². The Kier molecular flexibility index (Phi) is 4.35. The number of hydrogen-bond acceptors (Lipinski definition) is 5. The molecule has 2 saturated heterocycles. The van der Waals surface area contributed by atoms with E-state index in [2.05, 4.69) is 32.1 Å². The first-order valence-corrected chi connectivity index (χ1v) is 9.97. The van der Waals surface area contributed by atoms with Crippen LogP contribution in [0.2, 0.25) is 0 Å². The Hall–Kier alpha value is -3.09. The second-order valence-corrected chi connectivity index (χ2v) is 7.48. The lowest BCUT2D eigenvalue weighted by Crippen LogP contribution is -2.49. The smallest absolute Gasteiger partial charge is 0.255 e. The molecule has 3 aromatic heterocycles. The highest BCUT2D eigenvalue weighted by Crippen LogP contribution is 2.20. The highest BCUT2D eigenvalue weighted by molar-refractivity contribution is 5.95. The van der Waals surface area contributed by atoms with Gasteiger partial charge in [0.05, 0.1) is 5.56 Å². The summed E-state index contributed by atoms with van der Waals surface area (Å²) in [4.78, 5) is 19.3. The van der Waals surface area contributed by atoms with Crippen LogP contribution in [0.15, 0.2) is 48.8 Å². The van der Waals surface area contributed by atoms with Crippen molar-refractivity contribution in [2.45, 2.75) is 12.8 Å². The lowest BCUT2D eigenvalue weighted by Gasteiger charge is -2.35. The van der Waals surface area contributed by atoms with E-state index in [1.807, 2.05) is 46.0 Å². The van der Waals surface area contributed by atoms with Crippen LogP contribution in [0.4, 0.5) is 11.6 Å². The highest BCUT2D eigenvalue weighted by Gasteiger charge is 2.24. The third-order valence-corrected chi connectivity index (χ3v) is 5.71. The van der Waals surface area contributed by atoms with Crippen molar-refractivity contribution < 1.29 is 4.79 Å². The predicted molar refractivity (Wildman–Crippen MR) is 109 cm³/mol. The number of aromatic nitrogens is 3. The normalized spacial score (nSPS) is 17.5. The van der Waals surface area contributed by atoms with Gasteiger partial charge >= 0.3 is 0 Å². The van der Waals surface area contributed by atoms with E-state index in [0.717, 1.165) is 48.9 Å². The van der Waals surface area contributed by atoms with Gasteiger partial charge in [-0.25, -0.2) is 0 Å². The zero-order valence-electron chi connectivity index (χ0n) is 15.9. The average molecular weight is 376 g/mol. The van der Waals surface area contributed by atoms with Gasteiger partial charge in [0, 0.05) is 57.2 Å². The van der Waals surface area contributed by atoms with Crippen molar-refractivity contribution >= 4 is 23.1 Å². The van der Waals surface area contributed by atoms with Crippen LogP contribution in [-0.2, 0) is 0 Å². The monoisotopic (exact) mass is 376 g/mol. The largest absolute Gasteiger partial charge is 0.355 e. The molecule has 0 radical (unpaired) electrons. The number of rotatable bonds is 3. The van der Waals surface area contributed by atoms with Crippen LogP contribution in [0.1, 0.15) is 23.2 Å². The van der Waals surface area contributed by atoms with Gasteiger partial charge in [-0.15, -0.1) is 10.2 Å². The van der Waals surface area contributed by atoms with E-state index >= 15 is 0 Å². The summed E-state index contributed by atoms with van der Waals surface area (Å²) in [5.74, 6) is 1.96. The minimum atomic E-state index is 0.0961. The van der Waals surface area contributed by atoms with Crippen molar-refractivity contribution in [3.05, 3.63) is 54.4 Å². The number of amides is 1. The molecule has 0 atom stereocenters. The van der Waals surface area contributed by atoms with Crippen LogP contribution in [0, 0.1) is 0 Å². The van der Waals surface area contributed by atoms with Crippen LogP contribution >= 0.6 is 0 Å². The fraction of sp³-hybridized carbons (Fsp3) is 0.381. The molecule has 0 saturated carbocycles. The van der Waals surface area contributed by atoms with Gasteiger partial charge < -0.3 is 19.1 Å². The number of fused-ring (bicyclic) bond motifs is 1. The lowest BCUT2D eigenvalue weighted by atomic mass is 10.2. The predicted octanol–water partition coefficient (Wildman–Crippen LogP) is 2.29. The molecule has 0 spiro atoms. The summed E-state index contributed by atoms with van der Waals surface area (Å²) in [6.07, 6.45) is 6.34. The van der Waals surface area contributed by atoms with Crippen molar-refractivity contribution in [3.63, 3.8) is 0 Å². The molecule has 2 aliphatic rings. The van der Waals surface area contributed by atoms with Gasteiger partial charge in [0.15, 0.2) is 11.6 Å². The van der Waals surface area contributed by atoms with Crippen molar-refractivity contribution in [2.24, 2.45) is 0 Å². The van der Waals surface area contributed by atoms with Crippen molar-refractivity contribution in [1.29, 1.82) is 0 Å². The molecule has 0 unspecified atom stereocenters. The van der Waals surface area contributed by atoms with Crippen molar-refractivity contribution in [3.8, 4) is 0 Å². The molecule has 7 nitrogen and oxygen atoms in total. The maximum absolute atomic E-state index is 12.9. The van der Waals surface area contributed by atoms with Gasteiger partial charge in [-0.05, 0) is 43.2 Å². The molecule has 3 aromatic rings. The fourth-order valence-corrected chi connectivity index (χ4v) is 4.10. The van der Waals surface area contributed by atoms with Crippen LogP contribution in [0.3, 0.4) is 0 Å². The molecule has 144 valence electrons. The highest BCUT2D eigenvalue weighted by atomic mass is 16.2. The van der Waals surface area contributed by atoms with Gasteiger partial charge in [0.25, 0.3) is 5.91 Å². The standard InChI is InChI=1S/C21H24N6O/c28-21(17-15-18-5-1-2-10-27(18)16-17)26-13-11-25(12-14-26)20-7-6-19(22-23-20)24-8-3-4-9-24/h1-2,5-7,10,15-16H,3-4,8-9,11-14H2. The van der Waals surface area contributed by atoms with E-state index in [1.54, 1.807) is 0 Å². The van der Waals surface area contributed by atoms with Crippen molar-refractivity contribution in [2.75, 3.05) is 49.1 Å². The third-order valence-electron chi connectivity index (χ3n) is 5.71. The minimum absolute atomic E-state index is 0.0961. The summed E-state index contributed by atoms with van der Waals surface area (Å²) < 4.78 is 1.99. The quantitative estimate of drug-likeness (QED) is 0.702. The molecule has 0 aromatic carbocycles. The second kappa shape index (κ2) is 7.14. The fourth-order valence-electron chi connectivity index (χ4n) is 4.10. The Labute approximate surface area is 164 Å². The summed E-state index contributed by atoms with van der Waals surface area (Å²) in [6, 6.07) is 12.0. The molecular formula is C21H24N6O. The van der Waals surface area contributed by atoms with E-state index in [0.29, 0.717) is 13.1 Å². The van der Waals surface area contributed by atoms with Gasteiger partial charge in [-0.1, -0.05) is 6.07 Å².